The molecule has 4 atom stereocenters. The van der Waals surface area contributed by atoms with Crippen molar-refractivity contribution in [3.05, 3.63) is 68.8 Å². The van der Waals surface area contributed by atoms with Crippen LogP contribution in [0.2, 0.25) is 0 Å². The number of alkyl carbamates (subject to hydrolysis) is 2. The number of hydrogen-bond acceptors (Lipinski definition) is 18. The van der Waals surface area contributed by atoms with Crippen molar-refractivity contribution < 1.29 is 67.2 Å². The average Bonchev–Trinajstić information content (AvgIpc) is 2.72. The molecule has 0 saturated heterocycles. The molecule has 0 spiro atoms. The Labute approximate surface area is 539 Å². The van der Waals surface area contributed by atoms with Gasteiger partial charge in [-0.05, 0) is 130 Å². The molecule has 4 unspecified atom stereocenters. The van der Waals surface area contributed by atoms with Crippen molar-refractivity contribution in [2.75, 3.05) is 24.6 Å². The lowest BCUT2D eigenvalue weighted by Gasteiger charge is -2.24. The summed E-state index contributed by atoms with van der Waals surface area (Å²) in [6.45, 7) is 15.6. The lowest BCUT2D eigenvalue weighted by molar-refractivity contribution is -0.385. The molecule has 6 N–H and O–H groups in total. The number of non-ortho nitro benzene ring substituents is 2. The van der Waals surface area contributed by atoms with Gasteiger partial charge >= 0.3 is 24.1 Å². The minimum Gasteiger partial charge on any atom is -0.444 e. The molecular weight excluding hydrogens is 1200 g/mol. The number of hydrogen-bond donors (Lipinski definition) is 6. The van der Waals surface area contributed by atoms with Crippen molar-refractivity contribution in [1.29, 1.82) is 0 Å². The summed E-state index contributed by atoms with van der Waals surface area (Å²) in [4.78, 5) is 126. The average molecular weight is 1300 g/mol. The Bertz CT molecular complexity index is 2330. The van der Waals surface area contributed by atoms with Gasteiger partial charge in [-0.3, -0.25) is 49.0 Å². The van der Waals surface area contributed by atoms with E-state index in [1.54, 1.807) is 41.5 Å². The molecule has 0 aliphatic heterocycles. The summed E-state index contributed by atoms with van der Waals surface area (Å²) in [5.41, 5.74) is -1.58. The zero-order chi connectivity index (χ0) is 66.7. The van der Waals surface area contributed by atoms with E-state index in [9.17, 15) is 58.6 Å². The molecule has 0 aromatic heterocycles. The first-order valence-corrected chi connectivity index (χ1v) is 34.5. The second-order valence-corrected chi connectivity index (χ2v) is 26.9. The SMILES string of the molecule is CCCCCCC(CCCCC(=O)NC(CSSCC(NC(=O)CCCCC(CCCCCC)NC(=O)OC(C)(C)C)C(=O)NCCCCCC(=O)Oc1ccc([N+](=O)[O-])cc1)C(=O)NCCCCCC(=O)Oc1ccc([N+](=O)[O-])cc1)NC(=O)OC(C)(C)C. The number of rotatable bonds is 47. The van der Waals surface area contributed by atoms with E-state index in [0.29, 0.717) is 77.0 Å². The third kappa shape index (κ3) is 40.1. The van der Waals surface area contributed by atoms with E-state index >= 15 is 0 Å². The van der Waals surface area contributed by atoms with Crippen LogP contribution < -0.4 is 41.4 Å². The van der Waals surface area contributed by atoms with Crippen LogP contribution in [0.3, 0.4) is 0 Å². The number of benzene rings is 2. The highest BCUT2D eigenvalue weighted by Crippen LogP contribution is 2.25. The van der Waals surface area contributed by atoms with E-state index < -0.39 is 69.1 Å². The van der Waals surface area contributed by atoms with Gasteiger partial charge in [0, 0.05) is 86.6 Å². The van der Waals surface area contributed by atoms with Gasteiger partial charge in [-0.1, -0.05) is 112 Å². The van der Waals surface area contributed by atoms with Crippen LogP contribution >= 0.6 is 21.6 Å². The number of carbonyl (C=O) groups is 8. The number of carbonyl (C=O) groups excluding carboxylic acids is 8. The van der Waals surface area contributed by atoms with Crippen LogP contribution in [0.1, 0.15) is 222 Å². The molecule has 0 saturated carbocycles. The van der Waals surface area contributed by atoms with Crippen LogP contribution in [0, 0.1) is 20.2 Å². The summed E-state index contributed by atoms with van der Waals surface area (Å²) in [6, 6.07) is 8.12. The molecule has 0 aliphatic carbocycles. The fraction of sp³-hybridized carbons (Fsp3) is 0.688. The molecule has 90 heavy (non-hydrogen) atoms. The Morgan fingerprint density at radius 1 is 0.444 bits per heavy atom. The van der Waals surface area contributed by atoms with Crippen LogP contribution in [0.4, 0.5) is 21.0 Å². The molecule has 0 heterocycles. The molecule has 2 aromatic carbocycles. The zero-order valence-corrected chi connectivity index (χ0v) is 56.0. The number of ether oxygens (including phenoxy) is 4. The number of nitro benzene ring substituents is 2. The normalized spacial score (nSPS) is 12.7. The topological polar surface area (TPSA) is 332 Å². The number of nitrogens with zero attached hydrogens (tertiary/aromatic N) is 2. The molecule has 26 heteroatoms. The zero-order valence-electron chi connectivity index (χ0n) is 54.4. The van der Waals surface area contributed by atoms with Crippen molar-refractivity contribution >= 4 is 80.7 Å². The summed E-state index contributed by atoms with van der Waals surface area (Å²) in [5.74, 6) is -2.01. The Morgan fingerprint density at radius 3 is 1.09 bits per heavy atom. The maximum Gasteiger partial charge on any atom is 0.407 e. The van der Waals surface area contributed by atoms with E-state index in [-0.39, 0.29) is 97.1 Å². The third-order valence-electron chi connectivity index (χ3n) is 13.8. The van der Waals surface area contributed by atoms with Gasteiger partial charge in [0.2, 0.25) is 23.6 Å². The maximum absolute atomic E-state index is 13.8. The Hall–Kier alpha value is -6.70. The number of esters is 2. The highest BCUT2D eigenvalue weighted by molar-refractivity contribution is 8.76. The molecule has 0 fully saturated rings. The van der Waals surface area contributed by atoms with Gasteiger partial charge in [0.1, 0.15) is 34.8 Å². The first-order valence-electron chi connectivity index (χ1n) is 32.0. The molecule has 506 valence electrons. The van der Waals surface area contributed by atoms with Crippen LogP contribution in [0.15, 0.2) is 48.5 Å². The molecule has 0 aliphatic rings. The van der Waals surface area contributed by atoms with Crippen molar-refractivity contribution in [3.8, 4) is 11.5 Å². The van der Waals surface area contributed by atoms with Gasteiger partial charge in [-0.2, -0.15) is 0 Å². The maximum atomic E-state index is 13.8. The van der Waals surface area contributed by atoms with Crippen molar-refractivity contribution in [2.24, 2.45) is 0 Å². The summed E-state index contributed by atoms with van der Waals surface area (Å²) < 4.78 is 21.6. The fourth-order valence-corrected chi connectivity index (χ4v) is 11.4. The highest BCUT2D eigenvalue weighted by atomic mass is 33.1. The van der Waals surface area contributed by atoms with Gasteiger partial charge < -0.3 is 50.8 Å². The van der Waals surface area contributed by atoms with Gasteiger partial charge in [0.05, 0.1) is 9.85 Å². The molecule has 0 bridgehead atoms. The standard InChI is InChI=1S/C64H102N8O16S2/c1-9-11-13-17-27-47(67-61(79)87-63(3,4)5)29-21-23-31-55(73)69-53(59(77)65-43-25-15-19-33-57(75)85-51-39-35-49(36-40-51)71(81)82)45-89-90-46-54(60(78)66-44-26-16-20-34-58(76)86-52-41-37-50(38-42-52)72(83)84)70-56(74)32-24-22-30-48(28-18-14-12-10-2)68-62(80)88-64(6,7)8/h35-42,47-48,53-54H,9-34,43-46H2,1-8H3,(H,65,77)(H,66,78)(H,67,79)(H,68,80)(H,69,73)(H,70,74). The Morgan fingerprint density at radius 2 is 0.767 bits per heavy atom. The summed E-state index contributed by atoms with van der Waals surface area (Å²) in [7, 11) is 2.49. The van der Waals surface area contributed by atoms with Crippen molar-refractivity contribution in [3.63, 3.8) is 0 Å². The first kappa shape index (κ1) is 79.4. The van der Waals surface area contributed by atoms with Gasteiger partial charge in [0.25, 0.3) is 11.4 Å². The van der Waals surface area contributed by atoms with Gasteiger partial charge in [0.15, 0.2) is 0 Å². The Kier molecular flexibility index (Phi) is 40.2. The quantitative estimate of drug-likeness (QED) is 0.00895. The van der Waals surface area contributed by atoms with Crippen molar-refractivity contribution in [2.45, 2.75) is 258 Å². The predicted molar refractivity (Wildman–Crippen MR) is 350 cm³/mol. The minimum absolute atomic E-state index is 0.0790. The summed E-state index contributed by atoms with van der Waals surface area (Å²) in [5, 5.41) is 39.5. The molecule has 0 radical (unpaired) electrons. The number of nitrogens with one attached hydrogen (secondary N) is 6. The first-order chi connectivity index (χ1) is 42.8. The van der Waals surface area contributed by atoms with Gasteiger partial charge in [-0.25, -0.2) is 9.59 Å². The van der Waals surface area contributed by atoms with Gasteiger partial charge in [-0.15, -0.1) is 0 Å². The van der Waals surface area contributed by atoms with Crippen LogP contribution in [0.5, 0.6) is 11.5 Å². The van der Waals surface area contributed by atoms with E-state index in [0.717, 1.165) is 64.2 Å². The largest absolute Gasteiger partial charge is 0.444 e. The second kappa shape index (κ2) is 45.5. The smallest absolute Gasteiger partial charge is 0.407 e. The number of nitro groups is 2. The molecule has 6 amide bonds. The minimum atomic E-state index is -0.986. The summed E-state index contributed by atoms with van der Waals surface area (Å²) in [6.07, 6.45) is 15.7. The lowest BCUT2D eigenvalue weighted by Crippen LogP contribution is -2.49. The predicted octanol–water partition coefficient (Wildman–Crippen LogP) is 12.6. The lowest BCUT2D eigenvalue weighted by atomic mass is 10.0. The van der Waals surface area contributed by atoms with E-state index in [4.69, 9.17) is 18.9 Å². The molecule has 2 aromatic rings. The van der Waals surface area contributed by atoms with Crippen LogP contribution in [-0.4, -0.2) is 118 Å². The van der Waals surface area contributed by atoms with E-state index in [1.165, 1.54) is 70.1 Å². The molecular formula is C64H102N8O16S2. The number of unbranched alkanes of at least 4 members (excludes halogenated alkanes) is 12. The summed E-state index contributed by atoms with van der Waals surface area (Å²) >= 11 is 0. The fourth-order valence-electron chi connectivity index (χ4n) is 9.09. The molecule has 2 rings (SSSR count). The monoisotopic (exact) mass is 1300 g/mol. The Balaban J connectivity index is 2.15. The highest BCUT2D eigenvalue weighted by Gasteiger charge is 2.26. The van der Waals surface area contributed by atoms with Crippen molar-refractivity contribution in [1.82, 2.24) is 31.9 Å². The van der Waals surface area contributed by atoms with Crippen LogP contribution in [-0.2, 0) is 38.2 Å². The third-order valence-corrected chi connectivity index (χ3v) is 16.2. The van der Waals surface area contributed by atoms with E-state index in [2.05, 4.69) is 45.7 Å². The molecule has 24 nitrogen and oxygen atoms in total. The van der Waals surface area contributed by atoms with Crippen LogP contribution in [0.25, 0.3) is 0 Å². The van der Waals surface area contributed by atoms with E-state index in [1.807, 2.05) is 0 Å². The number of amides is 6. The second-order valence-electron chi connectivity index (χ2n) is 24.3.